The summed E-state index contributed by atoms with van der Waals surface area (Å²) < 4.78 is 1.43. The molecule has 6 heteroatoms. The van der Waals surface area contributed by atoms with Gasteiger partial charge in [0, 0.05) is 12.6 Å². The largest absolute Gasteiger partial charge is 0.334 e. The molecule has 1 amide bonds. The van der Waals surface area contributed by atoms with E-state index in [1.54, 1.807) is 6.07 Å². The summed E-state index contributed by atoms with van der Waals surface area (Å²) in [6, 6.07) is 12.0. The zero-order valence-electron chi connectivity index (χ0n) is 14.7. The monoisotopic (exact) mass is 367 g/mol. The summed E-state index contributed by atoms with van der Waals surface area (Å²) in [7, 11) is 0. The average molecular weight is 367 g/mol. The van der Waals surface area contributed by atoms with Gasteiger partial charge in [0.25, 0.3) is 5.56 Å². The number of hydrogen-bond acceptors (Lipinski definition) is 4. The summed E-state index contributed by atoms with van der Waals surface area (Å²) in [5.74, 6) is 0.531. The first kappa shape index (κ1) is 17.0. The Morgan fingerprint density at radius 2 is 2.08 bits per heavy atom. The molecule has 1 aromatic carbocycles. The number of thiophene rings is 1. The Balaban J connectivity index is 1.58. The number of carbonyl (C=O) groups is 1. The van der Waals surface area contributed by atoms with Gasteiger partial charge in [-0.25, -0.2) is 4.98 Å². The molecule has 0 N–H and O–H groups in total. The van der Waals surface area contributed by atoms with Gasteiger partial charge in [-0.3, -0.25) is 14.2 Å². The molecule has 5 nitrogen and oxygen atoms in total. The highest BCUT2D eigenvalue weighted by Crippen LogP contribution is 2.35. The van der Waals surface area contributed by atoms with E-state index < -0.39 is 0 Å². The van der Waals surface area contributed by atoms with Crippen molar-refractivity contribution in [3.63, 3.8) is 0 Å². The molecule has 2 aromatic heterocycles. The molecular formula is C20H21N3O2S. The number of fused-ring (bicyclic) bond motifs is 1. The third-order valence-electron chi connectivity index (χ3n) is 5.07. The second kappa shape index (κ2) is 7.03. The summed E-state index contributed by atoms with van der Waals surface area (Å²) in [5.41, 5.74) is 0.954. The van der Waals surface area contributed by atoms with Crippen LogP contribution in [0.5, 0.6) is 0 Å². The van der Waals surface area contributed by atoms with Crippen molar-refractivity contribution in [2.45, 2.75) is 38.9 Å². The minimum Gasteiger partial charge on any atom is -0.334 e. The fourth-order valence-corrected chi connectivity index (χ4v) is 4.04. The average Bonchev–Trinajstić information content (AvgIpc) is 3.39. The summed E-state index contributed by atoms with van der Waals surface area (Å²) in [6.07, 6.45) is 3.83. The molecule has 1 aliphatic rings. The maximum absolute atomic E-state index is 13.1. The summed E-state index contributed by atoms with van der Waals surface area (Å²) >= 11 is 1.43. The molecule has 3 aromatic rings. The number of aromatic nitrogens is 2. The molecular weight excluding hydrogens is 346 g/mol. The second-order valence-corrected chi connectivity index (χ2v) is 7.80. The molecule has 26 heavy (non-hydrogen) atoms. The number of hydrogen-bond donors (Lipinski definition) is 0. The predicted octanol–water partition coefficient (Wildman–Crippen LogP) is 3.29. The minimum absolute atomic E-state index is 0.0293. The van der Waals surface area contributed by atoms with Crippen LogP contribution in [0.4, 0.5) is 0 Å². The summed E-state index contributed by atoms with van der Waals surface area (Å²) in [5, 5.41) is 2.43. The smallest absolute Gasteiger partial charge is 0.262 e. The van der Waals surface area contributed by atoms with E-state index in [1.165, 1.54) is 35.1 Å². The van der Waals surface area contributed by atoms with Crippen molar-refractivity contribution >= 4 is 27.5 Å². The highest BCUT2D eigenvalue weighted by atomic mass is 32.1. The molecule has 2 heterocycles. The fourth-order valence-electron chi connectivity index (χ4n) is 3.31. The van der Waals surface area contributed by atoms with Crippen LogP contribution in [0.1, 0.15) is 25.3 Å². The number of benzene rings is 1. The Bertz CT molecular complexity index is 975. The Hall–Kier alpha value is -2.47. The van der Waals surface area contributed by atoms with Gasteiger partial charge >= 0.3 is 0 Å². The summed E-state index contributed by atoms with van der Waals surface area (Å²) in [6.45, 7) is 2.71. The van der Waals surface area contributed by atoms with E-state index in [0.29, 0.717) is 22.7 Å². The van der Waals surface area contributed by atoms with Crippen LogP contribution in [0.2, 0.25) is 0 Å². The molecule has 0 spiro atoms. The highest BCUT2D eigenvalue weighted by molar-refractivity contribution is 7.16. The number of rotatable bonds is 6. The normalized spacial score (nSPS) is 15.1. The molecule has 1 unspecified atom stereocenters. The lowest BCUT2D eigenvalue weighted by molar-refractivity contribution is -0.135. The van der Waals surface area contributed by atoms with Crippen molar-refractivity contribution in [2.24, 2.45) is 5.92 Å². The van der Waals surface area contributed by atoms with Gasteiger partial charge in [0.1, 0.15) is 11.4 Å². The Kier molecular flexibility index (Phi) is 4.59. The maximum Gasteiger partial charge on any atom is 0.262 e. The molecule has 1 atom stereocenters. The van der Waals surface area contributed by atoms with Crippen LogP contribution in [-0.2, 0) is 17.9 Å². The number of carbonyl (C=O) groups excluding carboxylic acids is 1. The SMILES string of the molecule is CC(C1CC1)N(Cc1ccccc1)C(=O)Cn1cnc2sccc2c1=O. The van der Waals surface area contributed by atoms with E-state index in [-0.39, 0.29) is 24.1 Å². The van der Waals surface area contributed by atoms with Crippen LogP contribution in [0.15, 0.2) is 52.9 Å². The molecule has 134 valence electrons. The fraction of sp³-hybridized carbons (Fsp3) is 0.350. The van der Waals surface area contributed by atoms with Crippen LogP contribution in [0, 0.1) is 5.92 Å². The zero-order chi connectivity index (χ0) is 18.1. The van der Waals surface area contributed by atoms with Gasteiger partial charge in [-0.2, -0.15) is 0 Å². The lowest BCUT2D eigenvalue weighted by atomic mass is 10.1. The first-order valence-corrected chi connectivity index (χ1v) is 9.77. The quantitative estimate of drug-likeness (QED) is 0.672. The van der Waals surface area contributed by atoms with Crippen molar-refractivity contribution in [1.82, 2.24) is 14.5 Å². The van der Waals surface area contributed by atoms with E-state index in [0.717, 1.165) is 5.56 Å². The molecule has 1 fully saturated rings. The third kappa shape index (κ3) is 3.42. The van der Waals surface area contributed by atoms with Crippen molar-refractivity contribution in [3.05, 3.63) is 64.0 Å². The molecule has 0 aliphatic heterocycles. The van der Waals surface area contributed by atoms with E-state index >= 15 is 0 Å². The molecule has 0 radical (unpaired) electrons. The Morgan fingerprint density at radius 3 is 2.81 bits per heavy atom. The second-order valence-electron chi connectivity index (χ2n) is 6.90. The van der Waals surface area contributed by atoms with Gasteiger partial charge in [-0.1, -0.05) is 30.3 Å². The van der Waals surface area contributed by atoms with E-state index in [4.69, 9.17) is 0 Å². The third-order valence-corrected chi connectivity index (χ3v) is 5.89. The number of nitrogens with zero attached hydrogens (tertiary/aromatic N) is 3. The van der Waals surface area contributed by atoms with Crippen molar-refractivity contribution in [3.8, 4) is 0 Å². The minimum atomic E-state index is -0.150. The van der Waals surface area contributed by atoms with Crippen LogP contribution in [-0.4, -0.2) is 26.4 Å². The molecule has 4 rings (SSSR count). The van der Waals surface area contributed by atoms with Crippen LogP contribution in [0.25, 0.3) is 10.2 Å². The zero-order valence-corrected chi connectivity index (χ0v) is 15.5. The lowest BCUT2D eigenvalue weighted by Crippen LogP contribution is -2.42. The molecule has 0 bridgehead atoms. The first-order valence-electron chi connectivity index (χ1n) is 8.89. The van der Waals surface area contributed by atoms with E-state index in [9.17, 15) is 9.59 Å². The number of amides is 1. The standard InChI is InChI=1S/C20H21N3O2S/c1-14(16-7-8-16)23(11-15-5-3-2-4-6-15)18(24)12-22-13-21-19-17(20(22)25)9-10-26-19/h2-6,9-10,13-14,16H,7-8,11-12H2,1H3. The van der Waals surface area contributed by atoms with Gasteiger partial charge in [-0.15, -0.1) is 11.3 Å². The van der Waals surface area contributed by atoms with Gasteiger partial charge in [0.15, 0.2) is 0 Å². The van der Waals surface area contributed by atoms with Gasteiger partial charge in [0.2, 0.25) is 5.91 Å². The molecule has 1 saturated carbocycles. The molecule has 0 saturated heterocycles. The van der Waals surface area contributed by atoms with Crippen LogP contribution >= 0.6 is 11.3 Å². The lowest BCUT2D eigenvalue weighted by Gasteiger charge is -2.30. The van der Waals surface area contributed by atoms with E-state index in [1.807, 2.05) is 40.6 Å². The van der Waals surface area contributed by atoms with Gasteiger partial charge in [0.05, 0.1) is 11.7 Å². The topological polar surface area (TPSA) is 55.2 Å². The van der Waals surface area contributed by atoms with Crippen LogP contribution < -0.4 is 5.56 Å². The first-order chi connectivity index (χ1) is 12.6. The van der Waals surface area contributed by atoms with Crippen molar-refractivity contribution in [1.29, 1.82) is 0 Å². The Labute approximate surface area is 155 Å². The summed E-state index contributed by atoms with van der Waals surface area (Å²) in [4.78, 5) is 32.6. The van der Waals surface area contributed by atoms with Crippen molar-refractivity contribution in [2.75, 3.05) is 0 Å². The van der Waals surface area contributed by atoms with Crippen LogP contribution in [0.3, 0.4) is 0 Å². The predicted molar refractivity (Wildman–Crippen MR) is 103 cm³/mol. The van der Waals surface area contributed by atoms with Gasteiger partial charge in [-0.05, 0) is 42.7 Å². The van der Waals surface area contributed by atoms with Crippen molar-refractivity contribution < 1.29 is 4.79 Å². The highest BCUT2D eigenvalue weighted by Gasteiger charge is 2.34. The Morgan fingerprint density at radius 1 is 1.31 bits per heavy atom. The molecule has 1 aliphatic carbocycles. The maximum atomic E-state index is 13.1. The van der Waals surface area contributed by atoms with Gasteiger partial charge < -0.3 is 4.90 Å². The van der Waals surface area contributed by atoms with E-state index in [2.05, 4.69) is 11.9 Å².